The summed E-state index contributed by atoms with van der Waals surface area (Å²) in [5.41, 5.74) is -2.11. The molecule has 1 unspecified atom stereocenters. The van der Waals surface area contributed by atoms with Gasteiger partial charge in [-0.2, -0.15) is 26.3 Å². The summed E-state index contributed by atoms with van der Waals surface area (Å²) in [4.78, 5) is 19.3. The topological polar surface area (TPSA) is 45.2 Å². The molecule has 1 atom stereocenters. The Morgan fingerprint density at radius 2 is 1.64 bits per heavy atom. The van der Waals surface area contributed by atoms with E-state index < -0.39 is 41.0 Å². The zero-order valence-corrected chi connectivity index (χ0v) is 25.2. The molecule has 0 N–H and O–H groups in total. The molecule has 12 heteroatoms. The fraction of sp³-hybridized carbons (Fsp3) is 0.531. The van der Waals surface area contributed by atoms with Crippen LogP contribution in [0.5, 0.6) is 5.75 Å². The van der Waals surface area contributed by atoms with Crippen LogP contribution < -0.4 is 4.74 Å². The second kappa shape index (κ2) is 13.4. The molecule has 2 aliphatic rings. The highest BCUT2D eigenvalue weighted by molar-refractivity contribution is 5.95. The molecular weight excluding hydrogens is 588 g/mol. The number of benzene rings is 2. The Bertz CT molecular complexity index is 1360. The van der Waals surface area contributed by atoms with Crippen molar-refractivity contribution < 1.29 is 40.6 Å². The molecule has 0 aliphatic carbocycles. The summed E-state index contributed by atoms with van der Waals surface area (Å²) in [5, 5.41) is 0. The third-order valence-electron chi connectivity index (χ3n) is 8.12. The van der Waals surface area contributed by atoms with Crippen LogP contribution >= 0.6 is 0 Å². The van der Waals surface area contributed by atoms with Crippen LogP contribution in [0.15, 0.2) is 36.4 Å². The number of aryl methyl sites for hydroxylation is 1. The Hall–Kier alpha value is -3.27. The van der Waals surface area contributed by atoms with Gasteiger partial charge in [0.2, 0.25) is 0 Å². The molecule has 2 aliphatic heterocycles. The van der Waals surface area contributed by atoms with Gasteiger partial charge >= 0.3 is 12.4 Å². The highest BCUT2D eigenvalue weighted by atomic mass is 19.4. The summed E-state index contributed by atoms with van der Waals surface area (Å²) in [6.07, 6.45) is -9.79. The highest BCUT2D eigenvalue weighted by Crippen LogP contribution is 2.37. The van der Waals surface area contributed by atoms with Crippen LogP contribution in [-0.4, -0.2) is 91.8 Å². The Morgan fingerprint density at radius 3 is 2.25 bits per heavy atom. The molecule has 0 saturated carbocycles. The van der Waals surface area contributed by atoms with E-state index in [4.69, 9.17) is 9.47 Å². The normalized spacial score (nSPS) is 19.8. The Labute approximate surface area is 253 Å². The smallest absolute Gasteiger partial charge is 0.416 e. The molecule has 2 fully saturated rings. The van der Waals surface area contributed by atoms with Crippen molar-refractivity contribution in [3.8, 4) is 17.6 Å². The minimum atomic E-state index is -5.05. The van der Waals surface area contributed by atoms with Gasteiger partial charge in [-0.05, 0) is 62.6 Å². The van der Waals surface area contributed by atoms with Gasteiger partial charge in [0, 0.05) is 43.3 Å². The molecule has 2 saturated heterocycles. The van der Waals surface area contributed by atoms with Crippen LogP contribution in [0.25, 0.3) is 0 Å². The van der Waals surface area contributed by atoms with Crippen LogP contribution in [0.4, 0.5) is 26.3 Å². The van der Waals surface area contributed by atoms with Gasteiger partial charge < -0.3 is 14.4 Å². The molecule has 0 aromatic heterocycles. The molecule has 2 aromatic rings. The third kappa shape index (κ3) is 8.25. The van der Waals surface area contributed by atoms with E-state index in [-0.39, 0.29) is 18.2 Å². The summed E-state index contributed by atoms with van der Waals surface area (Å²) in [7, 11) is 1.53. The lowest BCUT2D eigenvalue weighted by atomic mass is 9.98. The predicted molar refractivity (Wildman–Crippen MR) is 153 cm³/mol. The molecule has 1 amide bonds. The average molecular weight is 626 g/mol. The number of methoxy groups -OCH3 is 1. The number of morpholine rings is 1. The van der Waals surface area contributed by atoms with Gasteiger partial charge in [-0.15, -0.1) is 0 Å². The van der Waals surface area contributed by atoms with E-state index >= 15 is 0 Å². The Balaban J connectivity index is 1.58. The number of alkyl halides is 6. The summed E-state index contributed by atoms with van der Waals surface area (Å²) >= 11 is 0. The standard InChI is InChI=1S/C32H37F6N3O3/c1-22-7-8-23(16-28(22)43-4)15-27-20-39(9-5-6-10-40-13-14-44-21-30(40,2)3)11-12-41(27)29(42)24-17-25(31(33,34)35)19-26(18-24)32(36,37)38/h7-8,16-19,27H,9-15,20-21H2,1-4H3. The number of hydrogen-bond donors (Lipinski definition) is 0. The maximum absolute atomic E-state index is 13.6. The number of hydrogen-bond acceptors (Lipinski definition) is 5. The maximum Gasteiger partial charge on any atom is 0.416 e. The van der Waals surface area contributed by atoms with Crippen LogP contribution in [-0.2, 0) is 23.5 Å². The number of halogens is 6. The summed E-state index contributed by atoms with van der Waals surface area (Å²) < 4.78 is 92.2. The van der Waals surface area contributed by atoms with Gasteiger partial charge in [0.1, 0.15) is 5.75 Å². The van der Waals surface area contributed by atoms with Gasteiger partial charge in [0.15, 0.2) is 0 Å². The zero-order valence-electron chi connectivity index (χ0n) is 25.2. The fourth-order valence-electron chi connectivity index (χ4n) is 5.52. The largest absolute Gasteiger partial charge is 0.496 e. The predicted octanol–water partition coefficient (Wildman–Crippen LogP) is 5.52. The second-order valence-electron chi connectivity index (χ2n) is 11.8. The van der Waals surface area contributed by atoms with E-state index in [1.165, 1.54) is 12.0 Å². The number of piperazine rings is 1. The SMILES string of the molecule is COc1cc(CC2CN(CC#CCN3CCOCC3(C)C)CCN2C(=O)c2cc(C(F)(F)F)cc(C(F)(F)F)c2)ccc1C. The van der Waals surface area contributed by atoms with Crippen molar-refractivity contribution >= 4 is 5.91 Å². The molecular formula is C32H37F6N3O3. The molecule has 0 spiro atoms. The van der Waals surface area contributed by atoms with Crippen molar-refractivity contribution in [3.63, 3.8) is 0 Å². The van der Waals surface area contributed by atoms with Crippen molar-refractivity contribution in [1.29, 1.82) is 0 Å². The summed E-state index contributed by atoms with van der Waals surface area (Å²) in [6, 6.07) is 6.04. The van der Waals surface area contributed by atoms with Crippen LogP contribution in [0.1, 0.15) is 46.5 Å². The molecule has 4 rings (SSSR count). The van der Waals surface area contributed by atoms with E-state index in [0.29, 0.717) is 63.7 Å². The van der Waals surface area contributed by atoms with Crippen LogP contribution in [0, 0.1) is 18.8 Å². The number of ether oxygens (including phenoxy) is 2. The maximum atomic E-state index is 13.6. The lowest BCUT2D eigenvalue weighted by Crippen LogP contribution is -2.56. The van der Waals surface area contributed by atoms with Gasteiger partial charge in [0.05, 0.1) is 44.5 Å². The van der Waals surface area contributed by atoms with Crippen molar-refractivity contribution in [2.75, 3.05) is 59.6 Å². The van der Waals surface area contributed by atoms with Crippen molar-refractivity contribution in [3.05, 3.63) is 64.2 Å². The Kier molecular flexibility index (Phi) is 10.2. The van der Waals surface area contributed by atoms with Crippen LogP contribution in [0.2, 0.25) is 0 Å². The lowest BCUT2D eigenvalue weighted by Gasteiger charge is -2.41. The Morgan fingerprint density at radius 1 is 0.977 bits per heavy atom. The van der Waals surface area contributed by atoms with Gasteiger partial charge in [-0.1, -0.05) is 24.0 Å². The van der Waals surface area contributed by atoms with E-state index in [2.05, 4.69) is 30.6 Å². The highest BCUT2D eigenvalue weighted by Gasteiger charge is 2.39. The van der Waals surface area contributed by atoms with Crippen molar-refractivity contribution in [2.24, 2.45) is 0 Å². The fourth-order valence-corrected chi connectivity index (χ4v) is 5.52. The number of nitrogens with zero attached hydrogens (tertiary/aromatic N) is 3. The average Bonchev–Trinajstić information content (AvgIpc) is 2.95. The van der Waals surface area contributed by atoms with Gasteiger partial charge in [0.25, 0.3) is 5.91 Å². The van der Waals surface area contributed by atoms with E-state index in [9.17, 15) is 31.1 Å². The van der Waals surface area contributed by atoms with Crippen molar-refractivity contribution in [2.45, 2.75) is 51.1 Å². The number of carbonyl (C=O) groups is 1. The quantitative estimate of drug-likeness (QED) is 0.313. The first kappa shape index (κ1) is 33.6. The minimum Gasteiger partial charge on any atom is -0.496 e. The molecule has 6 nitrogen and oxygen atoms in total. The molecule has 44 heavy (non-hydrogen) atoms. The zero-order chi connectivity index (χ0) is 32.3. The lowest BCUT2D eigenvalue weighted by molar-refractivity contribution is -0.143. The van der Waals surface area contributed by atoms with E-state index in [1.807, 2.05) is 30.0 Å². The number of amides is 1. The molecule has 0 radical (unpaired) electrons. The first-order valence-electron chi connectivity index (χ1n) is 14.3. The first-order chi connectivity index (χ1) is 20.6. The second-order valence-corrected chi connectivity index (χ2v) is 11.8. The molecule has 0 bridgehead atoms. The summed E-state index contributed by atoms with van der Waals surface area (Å²) in [5.74, 6) is 6.16. The van der Waals surface area contributed by atoms with E-state index in [0.717, 1.165) is 17.7 Å². The first-order valence-corrected chi connectivity index (χ1v) is 14.3. The number of carbonyl (C=O) groups excluding carboxylic acids is 1. The number of rotatable bonds is 6. The third-order valence-corrected chi connectivity index (χ3v) is 8.12. The van der Waals surface area contributed by atoms with Crippen molar-refractivity contribution in [1.82, 2.24) is 14.7 Å². The molecule has 2 heterocycles. The minimum absolute atomic E-state index is 0.0293. The summed E-state index contributed by atoms with van der Waals surface area (Å²) in [6.45, 7) is 9.89. The molecule has 2 aromatic carbocycles. The van der Waals surface area contributed by atoms with E-state index in [1.54, 1.807) is 0 Å². The molecule has 240 valence electrons. The van der Waals surface area contributed by atoms with Gasteiger partial charge in [-0.25, -0.2) is 0 Å². The van der Waals surface area contributed by atoms with Gasteiger partial charge in [-0.3, -0.25) is 14.6 Å². The van der Waals surface area contributed by atoms with Crippen LogP contribution in [0.3, 0.4) is 0 Å². The monoisotopic (exact) mass is 625 g/mol.